The van der Waals surface area contributed by atoms with Crippen molar-refractivity contribution in [3.63, 3.8) is 0 Å². The average Bonchev–Trinajstić information content (AvgIpc) is 2.25. The maximum atomic E-state index is 9.79. The Labute approximate surface area is 113 Å². The molecule has 0 aromatic rings. The molecule has 0 aliphatic rings. The number of hydrogen-bond acceptors (Lipinski definition) is 4. The van der Waals surface area contributed by atoms with Crippen LogP contribution in [-0.2, 0) is 0 Å². The van der Waals surface area contributed by atoms with Gasteiger partial charge in [-0.15, -0.1) is 0 Å². The SMILES string of the molecule is CN(C)CCCC(O)CCC(O)CCCN(C)C. The third-order valence-electron chi connectivity index (χ3n) is 3.12. The molecule has 0 radical (unpaired) electrons. The molecule has 110 valence electrons. The van der Waals surface area contributed by atoms with Crippen LogP contribution in [0.2, 0.25) is 0 Å². The molecule has 0 saturated carbocycles. The minimum atomic E-state index is -0.256. The summed E-state index contributed by atoms with van der Waals surface area (Å²) in [7, 11) is 8.17. The van der Waals surface area contributed by atoms with Crippen LogP contribution in [0.15, 0.2) is 0 Å². The van der Waals surface area contributed by atoms with Crippen molar-refractivity contribution in [3.8, 4) is 0 Å². The molecular formula is C14H32N2O2. The van der Waals surface area contributed by atoms with Gasteiger partial charge in [0.25, 0.3) is 0 Å². The van der Waals surface area contributed by atoms with E-state index >= 15 is 0 Å². The van der Waals surface area contributed by atoms with Crippen molar-refractivity contribution in [2.75, 3.05) is 41.3 Å². The number of hydrogen-bond donors (Lipinski definition) is 2. The highest BCUT2D eigenvalue weighted by atomic mass is 16.3. The smallest absolute Gasteiger partial charge is 0.0541 e. The summed E-state index contributed by atoms with van der Waals surface area (Å²) in [6.07, 6.45) is 4.63. The van der Waals surface area contributed by atoms with Gasteiger partial charge in [-0.1, -0.05) is 0 Å². The summed E-state index contributed by atoms with van der Waals surface area (Å²) in [4.78, 5) is 4.26. The monoisotopic (exact) mass is 260 g/mol. The Morgan fingerprint density at radius 2 is 1.00 bits per heavy atom. The Kier molecular flexibility index (Phi) is 10.6. The summed E-state index contributed by atoms with van der Waals surface area (Å²) in [6, 6.07) is 0. The maximum absolute atomic E-state index is 9.79. The molecule has 18 heavy (non-hydrogen) atoms. The zero-order valence-corrected chi connectivity index (χ0v) is 12.6. The number of aliphatic hydroxyl groups excluding tert-OH is 2. The number of rotatable bonds is 11. The van der Waals surface area contributed by atoms with Crippen LogP contribution >= 0.6 is 0 Å². The topological polar surface area (TPSA) is 46.9 Å². The van der Waals surface area contributed by atoms with Gasteiger partial charge in [-0.25, -0.2) is 0 Å². The Morgan fingerprint density at radius 3 is 1.28 bits per heavy atom. The quantitative estimate of drug-likeness (QED) is 0.585. The van der Waals surface area contributed by atoms with Gasteiger partial charge in [-0.2, -0.15) is 0 Å². The summed E-state index contributed by atoms with van der Waals surface area (Å²) in [5, 5.41) is 19.6. The van der Waals surface area contributed by atoms with Crippen LogP contribution < -0.4 is 0 Å². The van der Waals surface area contributed by atoms with E-state index in [9.17, 15) is 10.2 Å². The summed E-state index contributed by atoms with van der Waals surface area (Å²) < 4.78 is 0. The van der Waals surface area contributed by atoms with Gasteiger partial charge in [-0.3, -0.25) is 0 Å². The van der Waals surface area contributed by atoms with Crippen LogP contribution in [0.4, 0.5) is 0 Å². The molecule has 0 saturated heterocycles. The standard InChI is InChI=1S/C14H32N2O2/c1-15(2)11-5-7-13(17)9-10-14(18)8-6-12-16(3)4/h13-14,17-18H,5-12H2,1-4H3. The van der Waals surface area contributed by atoms with E-state index in [0.717, 1.165) is 51.6 Å². The van der Waals surface area contributed by atoms with Crippen molar-refractivity contribution in [2.45, 2.75) is 50.7 Å². The minimum absolute atomic E-state index is 0.256. The van der Waals surface area contributed by atoms with Gasteiger partial charge in [0.05, 0.1) is 12.2 Å². The zero-order valence-electron chi connectivity index (χ0n) is 12.6. The molecule has 0 aromatic carbocycles. The molecule has 0 amide bonds. The van der Waals surface area contributed by atoms with Crippen molar-refractivity contribution in [2.24, 2.45) is 0 Å². The van der Waals surface area contributed by atoms with E-state index in [1.165, 1.54) is 0 Å². The van der Waals surface area contributed by atoms with Crippen LogP contribution in [0.3, 0.4) is 0 Å². The molecule has 4 nitrogen and oxygen atoms in total. The predicted molar refractivity (Wildman–Crippen MR) is 76.8 cm³/mol. The molecule has 2 atom stereocenters. The van der Waals surface area contributed by atoms with Gasteiger partial charge in [0.2, 0.25) is 0 Å². The highest BCUT2D eigenvalue weighted by molar-refractivity contribution is 4.63. The van der Waals surface area contributed by atoms with Crippen molar-refractivity contribution >= 4 is 0 Å². The van der Waals surface area contributed by atoms with Crippen LogP contribution in [0.5, 0.6) is 0 Å². The molecule has 0 heterocycles. The van der Waals surface area contributed by atoms with E-state index in [4.69, 9.17) is 0 Å². The van der Waals surface area contributed by atoms with E-state index in [0.29, 0.717) is 0 Å². The maximum Gasteiger partial charge on any atom is 0.0541 e. The highest BCUT2D eigenvalue weighted by Gasteiger charge is 2.09. The van der Waals surface area contributed by atoms with Gasteiger partial charge in [0, 0.05) is 0 Å². The van der Waals surface area contributed by atoms with Gasteiger partial charge >= 0.3 is 0 Å². The molecule has 0 fully saturated rings. The van der Waals surface area contributed by atoms with Crippen molar-refractivity contribution in [1.29, 1.82) is 0 Å². The first-order valence-electron chi connectivity index (χ1n) is 7.07. The normalized spacial score (nSPS) is 15.3. The highest BCUT2D eigenvalue weighted by Crippen LogP contribution is 2.10. The first-order chi connectivity index (χ1) is 8.41. The molecule has 0 aliphatic carbocycles. The van der Waals surface area contributed by atoms with Crippen molar-refractivity contribution in [1.82, 2.24) is 9.80 Å². The first-order valence-corrected chi connectivity index (χ1v) is 7.07. The van der Waals surface area contributed by atoms with Crippen LogP contribution in [0.1, 0.15) is 38.5 Å². The Balaban J connectivity index is 3.44. The van der Waals surface area contributed by atoms with Gasteiger partial charge in [-0.05, 0) is 79.8 Å². The second-order valence-corrected chi connectivity index (χ2v) is 5.78. The molecule has 2 N–H and O–H groups in total. The second-order valence-electron chi connectivity index (χ2n) is 5.78. The fourth-order valence-electron chi connectivity index (χ4n) is 1.96. The van der Waals surface area contributed by atoms with E-state index in [-0.39, 0.29) is 12.2 Å². The van der Waals surface area contributed by atoms with E-state index in [1.54, 1.807) is 0 Å². The average molecular weight is 260 g/mol. The lowest BCUT2D eigenvalue weighted by Crippen LogP contribution is -2.18. The molecule has 0 bridgehead atoms. The summed E-state index contributed by atoms with van der Waals surface area (Å²) >= 11 is 0. The lowest BCUT2D eigenvalue weighted by Gasteiger charge is -2.16. The number of aliphatic hydroxyl groups is 2. The van der Waals surface area contributed by atoms with Crippen molar-refractivity contribution in [3.05, 3.63) is 0 Å². The predicted octanol–water partition coefficient (Wildman–Crippen LogP) is 1.17. The molecule has 0 spiro atoms. The summed E-state index contributed by atoms with van der Waals surface area (Å²) in [6.45, 7) is 2.03. The van der Waals surface area contributed by atoms with Crippen LogP contribution in [-0.4, -0.2) is 73.5 Å². The Bertz CT molecular complexity index is 167. The minimum Gasteiger partial charge on any atom is -0.393 e. The molecule has 0 rings (SSSR count). The second kappa shape index (κ2) is 10.7. The van der Waals surface area contributed by atoms with Gasteiger partial charge in [0.15, 0.2) is 0 Å². The summed E-state index contributed by atoms with van der Waals surface area (Å²) in [5.74, 6) is 0. The molecular weight excluding hydrogens is 228 g/mol. The Morgan fingerprint density at radius 1 is 0.667 bits per heavy atom. The molecule has 0 aliphatic heterocycles. The first kappa shape index (κ1) is 17.8. The molecule has 4 heteroatoms. The van der Waals surface area contributed by atoms with Crippen LogP contribution in [0, 0.1) is 0 Å². The lowest BCUT2D eigenvalue weighted by molar-refractivity contribution is 0.0993. The fourth-order valence-corrected chi connectivity index (χ4v) is 1.96. The largest absolute Gasteiger partial charge is 0.393 e. The number of nitrogens with zero attached hydrogens (tertiary/aromatic N) is 2. The van der Waals surface area contributed by atoms with Crippen LogP contribution in [0.25, 0.3) is 0 Å². The van der Waals surface area contributed by atoms with E-state index in [2.05, 4.69) is 9.80 Å². The Hall–Kier alpha value is -0.160. The molecule has 2 unspecified atom stereocenters. The van der Waals surface area contributed by atoms with Gasteiger partial charge in [0.1, 0.15) is 0 Å². The van der Waals surface area contributed by atoms with Gasteiger partial charge < -0.3 is 20.0 Å². The van der Waals surface area contributed by atoms with E-state index < -0.39 is 0 Å². The van der Waals surface area contributed by atoms with E-state index in [1.807, 2.05) is 28.2 Å². The zero-order chi connectivity index (χ0) is 14.0. The molecule has 0 aromatic heterocycles. The third kappa shape index (κ3) is 12.3. The third-order valence-corrected chi connectivity index (χ3v) is 3.12. The lowest BCUT2D eigenvalue weighted by atomic mass is 10.0. The fraction of sp³-hybridized carbons (Fsp3) is 1.00. The summed E-state index contributed by atoms with van der Waals surface area (Å²) in [5.41, 5.74) is 0. The van der Waals surface area contributed by atoms with Crippen molar-refractivity contribution < 1.29 is 10.2 Å².